The molecule has 1 heterocycles. The predicted molar refractivity (Wildman–Crippen MR) is 90.7 cm³/mol. The van der Waals surface area contributed by atoms with Crippen LogP contribution in [-0.4, -0.2) is 42.9 Å². The van der Waals surface area contributed by atoms with Crippen molar-refractivity contribution in [3.63, 3.8) is 0 Å². The van der Waals surface area contributed by atoms with Crippen LogP contribution in [0.15, 0.2) is 23.0 Å². The van der Waals surface area contributed by atoms with Crippen molar-refractivity contribution in [3.05, 3.63) is 34.1 Å². The van der Waals surface area contributed by atoms with Gasteiger partial charge in [0, 0.05) is 29.5 Å². The monoisotopic (exact) mass is 334 g/mol. The van der Waals surface area contributed by atoms with E-state index in [1.807, 2.05) is 0 Å². The molecule has 1 aromatic carbocycles. The van der Waals surface area contributed by atoms with Crippen molar-refractivity contribution >= 4 is 16.8 Å². The van der Waals surface area contributed by atoms with Gasteiger partial charge < -0.3 is 24.9 Å². The lowest BCUT2D eigenvalue weighted by atomic mass is 10.1. The van der Waals surface area contributed by atoms with Crippen molar-refractivity contribution in [1.29, 1.82) is 0 Å². The van der Waals surface area contributed by atoms with Gasteiger partial charge in [0.1, 0.15) is 0 Å². The molecular formula is C17H22N2O5. The first kappa shape index (κ1) is 17.8. The first-order chi connectivity index (χ1) is 11.5. The number of aromatic nitrogens is 1. The molecule has 0 aliphatic carbocycles. The maximum absolute atomic E-state index is 12.2. The molecule has 7 heteroatoms. The Bertz CT molecular complexity index is 784. The lowest BCUT2D eigenvalue weighted by Gasteiger charge is -2.11. The first-order valence-electron chi connectivity index (χ1n) is 7.66. The number of aryl methyl sites for hydroxylation is 1. The fraction of sp³-hybridized carbons (Fsp3) is 0.412. The average molecular weight is 334 g/mol. The Balaban J connectivity index is 2.23. The standard InChI is InChI=1S/C17H22N2O5/c1-10(9-20)18-16(21)5-4-11-6-12-7-14(23-2)15(24-3)8-13(12)19-17(11)22/h6-8,10,20H,4-5,9H2,1-3H3,(H,18,21)(H,19,22)/t10-/m0/s1. The molecule has 2 aromatic rings. The number of methoxy groups -OCH3 is 2. The smallest absolute Gasteiger partial charge is 0.251 e. The van der Waals surface area contributed by atoms with E-state index in [2.05, 4.69) is 10.3 Å². The summed E-state index contributed by atoms with van der Waals surface area (Å²) in [5.74, 6) is 0.895. The van der Waals surface area contributed by atoms with Gasteiger partial charge in [-0.1, -0.05) is 0 Å². The summed E-state index contributed by atoms with van der Waals surface area (Å²) in [4.78, 5) is 26.7. The molecule has 1 aromatic heterocycles. The minimum atomic E-state index is -0.302. The normalized spacial score (nSPS) is 12.0. The number of amides is 1. The number of hydrogen-bond acceptors (Lipinski definition) is 5. The molecule has 0 spiro atoms. The van der Waals surface area contributed by atoms with Crippen LogP contribution in [0.1, 0.15) is 18.9 Å². The summed E-state index contributed by atoms with van der Waals surface area (Å²) >= 11 is 0. The summed E-state index contributed by atoms with van der Waals surface area (Å²) in [7, 11) is 3.07. The average Bonchev–Trinajstić information content (AvgIpc) is 2.58. The molecule has 0 saturated carbocycles. The molecule has 0 aliphatic rings. The van der Waals surface area contributed by atoms with Crippen molar-refractivity contribution in [1.82, 2.24) is 10.3 Å². The molecule has 1 atom stereocenters. The van der Waals surface area contributed by atoms with E-state index in [0.29, 0.717) is 29.0 Å². The fourth-order valence-electron chi connectivity index (χ4n) is 2.40. The molecule has 0 fully saturated rings. The Kier molecular flexibility index (Phi) is 5.81. The predicted octanol–water partition coefficient (Wildman–Crippen LogP) is 0.975. The van der Waals surface area contributed by atoms with Gasteiger partial charge in [-0.15, -0.1) is 0 Å². The van der Waals surface area contributed by atoms with Crippen LogP contribution in [0, 0.1) is 0 Å². The number of carbonyl (C=O) groups excluding carboxylic acids is 1. The second kappa shape index (κ2) is 7.83. The van der Waals surface area contributed by atoms with Crippen LogP contribution in [-0.2, 0) is 11.2 Å². The number of fused-ring (bicyclic) bond motifs is 1. The van der Waals surface area contributed by atoms with Gasteiger partial charge in [-0.05, 0) is 25.5 Å². The quantitative estimate of drug-likeness (QED) is 0.701. The zero-order valence-corrected chi connectivity index (χ0v) is 14.0. The lowest BCUT2D eigenvalue weighted by Crippen LogP contribution is -2.35. The summed E-state index contributed by atoms with van der Waals surface area (Å²) in [6.45, 7) is 1.59. The molecule has 3 N–H and O–H groups in total. The van der Waals surface area contributed by atoms with Crippen LogP contribution in [0.25, 0.3) is 10.9 Å². The van der Waals surface area contributed by atoms with E-state index in [-0.39, 0.29) is 30.5 Å². The molecule has 0 unspecified atom stereocenters. The molecule has 130 valence electrons. The van der Waals surface area contributed by atoms with E-state index >= 15 is 0 Å². The van der Waals surface area contributed by atoms with Crippen LogP contribution in [0.5, 0.6) is 11.5 Å². The highest BCUT2D eigenvalue weighted by Gasteiger charge is 2.11. The largest absolute Gasteiger partial charge is 0.493 e. The zero-order chi connectivity index (χ0) is 17.7. The number of aliphatic hydroxyl groups is 1. The third kappa shape index (κ3) is 4.05. The van der Waals surface area contributed by atoms with Gasteiger partial charge in [-0.25, -0.2) is 0 Å². The second-order valence-electron chi connectivity index (χ2n) is 5.57. The molecule has 0 aliphatic heterocycles. The van der Waals surface area contributed by atoms with Gasteiger partial charge in [-0.2, -0.15) is 0 Å². The van der Waals surface area contributed by atoms with E-state index in [1.54, 1.807) is 32.2 Å². The summed E-state index contributed by atoms with van der Waals surface area (Å²) < 4.78 is 10.5. The van der Waals surface area contributed by atoms with Crippen molar-refractivity contribution in [2.75, 3.05) is 20.8 Å². The van der Waals surface area contributed by atoms with Crippen LogP contribution >= 0.6 is 0 Å². The molecule has 7 nitrogen and oxygen atoms in total. The fourth-order valence-corrected chi connectivity index (χ4v) is 2.40. The number of rotatable bonds is 7. The van der Waals surface area contributed by atoms with Crippen LogP contribution in [0.4, 0.5) is 0 Å². The molecule has 0 radical (unpaired) electrons. The van der Waals surface area contributed by atoms with E-state index < -0.39 is 0 Å². The number of pyridine rings is 1. The summed E-state index contributed by atoms with van der Waals surface area (Å²) in [6.07, 6.45) is 0.482. The molecule has 24 heavy (non-hydrogen) atoms. The number of nitrogens with one attached hydrogen (secondary N) is 2. The van der Waals surface area contributed by atoms with E-state index in [4.69, 9.17) is 14.6 Å². The number of hydrogen-bond donors (Lipinski definition) is 3. The van der Waals surface area contributed by atoms with Crippen LogP contribution in [0.2, 0.25) is 0 Å². The number of benzene rings is 1. The van der Waals surface area contributed by atoms with Gasteiger partial charge in [0.05, 0.1) is 26.3 Å². The number of H-pyrrole nitrogens is 1. The SMILES string of the molecule is COc1cc2cc(CCC(=O)N[C@@H](C)CO)c(=O)[nH]c2cc1OC. The molecule has 0 bridgehead atoms. The van der Waals surface area contributed by atoms with Gasteiger partial charge >= 0.3 is 0 Å². The van der Waals surface area contributed by atoms with Gasteiger partial charge in [0.15, 0.2) is 11.5 Å². The van der Waals surface area contributed by atoms with E-state index in [0.717, 1.165) is 5.39 Å². The number of ether oxygens (including phenoxy) is 2. The maximum Gasteiger partial charge on any atom is 0.251 e. The lowest BCUT2D eigenvalue weighted by molar-refractivity contribution is -0.121. The van der Waals surface area contributed by atoms with Crippen molar-refractivity contribution in [2.45, 2.75) is 25.8 Å². The Morgan fingerprint density at radius 3 is 2.54 bits per heavy atom. The third-order valence-electron chi connectivity index (χ3n) is 3.73. The highest BCUT2D eigenvalue weighted by Crippen LogP contribution is 2.31. The van der Waals surface area contributed by atoms with Gasteiger partial charge in [0.2, 0.25) is 5.91 Å². The highest BCUT2D eigenvalue weighted by molar-refractivity contribution is 5.83. The number of aliphatic hydroxyl groups excluding tert-OH is 1. The Morgan fingerprint density at radius 1 is 1.25 bits per heavy atom. The van der Waals surface area contributed by atoms with E-state index in [9.17, 15) is 9.59 Å². The van der Waals surface area contributed by atoms with Gasteiger partial charge in [0.25, 0.3) is 5.56 Å². The van der Waals surface area contributed by atoms with E-state index in [1.165, 1.54) is 7.11 Å². The highest BCUT2D eigenvalue weighted by atomic mass is 16.5. The second-order valence-corrected chi connectivity index (χ2v) is 5.57. The van der Waals surface area contributed by atoms with Crippen LogP contribution in [0.3, 0.4) is 0 Å². The molecule has 0 saturated heterocycles. The summed E-state index contributed by atoms with van der Waals surface area (Å²) in [6, 6.07) is 4.93. The topological polar surface area (TPSA) is 101 Å². The number of carbonyl (C=O) groups is 1. The third-order valence-corrected chi connectivity index (χ3v) is 3.73. The minimum Gasteiger partial charge on any atom is -0.493 e. The van der Waals surface area contributed by atoms with Crippen LogP contribution < -0.4 is 20.3 Å². The Labute approximate surface area is 139 Å². The summed E-state index contributed by atoms with van der Waals surface area (Å²) in [5.41, 5.74) is 0.916. The molecular weight excluding hydrogens is 312 g/mol. The van der Waals surface area contributed by atoms with Gasteiger partial charge in [-0.3, -0.25) is 9.59 Å². The molecule has 2 rings (SSSR count). The Hall–Kier alpha value is -2.54. The minimum absolute atomic E-state index is 0.121. The summed E-state index contributed by atoms with van der Waals surface area (Å²) in [5, 5.41) is 12.4. The number of aromatic amines is 1. The first-order valence-corrected chi connectivity index (χ1v) is 7.66. The van der Waals surface area contributed by atoms with Crippen molar-refractivity contribution < 1.29 is 19.4 Å². The maximum atomic E-state index is 12.2. The zero-order valence-electron chi connectivity index (χ0n) is 14.0. The van der Waals surface area contributed by atoms with Crippen molar-refractivity contribution in [3.8, 4) is 11.5 Å². The van der Waals surface area contributed by atoms with Crippen molar-refractivity contribution in [2.24, 2.45) is 0 Å². The molecule has 1 amide bonds. The Morgan fingerprint density at radius 2 is 1.92 bits per heavy atom.